The molecule has 15 heavy (non-hydrogen) atoms. The highest BCUT2D eigenvalue weighted by Crippen LogP contribution is 2.29. The number of Topliss-reactive ketones (excluding diaryl/α,β-unsaturated/α-hetero) is 1. The first-order chi connectivity index (χ1) is 6.89. The molecule has 3 unspecified atom stereocenters. The molecule has 0 aromatic heterocycles. The van der Waals surface area contributed by atoms with Crippen LogP contribution in [-0.2, 0) is 19.0 Å². The molecule has 0 aromatic rings. The Morgan fingerprint density at radius 1 is 1.53 bits per heavy atom. The van der Waals surface area contributed by atoms with Gasteiger partial charge in [0, 0.05) is 13.5 Å². The summed E-state index contributed by atoms with van der Waals surface area (Å²) in [7, 11) is 1.54. The van der Waals surface area contributed by atoms with Crippen molar-refractivity contribution < 1.29 is 19.0 Å². The average Bonchev–Trinajstić information content (AvgIpc) is 2.13. The number of ketones is 1. The Kier molecular flexibility index (Phi) is 3.87. The van der Waals surface area contributed by atoms with Crippen LogP contribution in [0.15, 0.2) is 0 Å². The van der Waals surface area contributed by atoms with E-state index in [1.807, 2.05) is 13.8 Å². The van der Waals surface area contributed by atoms with E-state index in [4.69, 9.17) is 14.2 Å². The molecule has 0 spiro atoms. The Hall–Kier alpha value is -0.450. The first-order valence-electron chi connectivity index (χ1n) is 5.29. The Balaban J connectivity index is 2.71. The van der Waals surface area contributed by atoms with Gasteiger partial charge in [0.25, 0.3) is 0 Å². The van der Waals surface area contributed by atoms with Gasteiger partial charge in [-0.15, -0.1) is 0 Å². The number of hydrogen-bond acceptors (Lipinski definition) is 4. The lowest BCUT2D eigenvalue weighted by molar-refractivity contribution is -0.236. The SMILES string of the molecule is COC1(C)CC(OC(C)C)OC(C)C1=O. The van der Waals surface area contributed by atoms with Crippen LogP contribution in [0.1, 0.15) is 34.1 Å². The summed E-state index contributed by atoms with van der Waals surface area (Å²) in [6, 6.07) is 0. The molecule has 0 aliphatic carbocycles. The van der Waals surface area contributed by atoms with Gasteiger partial charge in [0.15, 0.2) is 12.1 Å². The van der Waals surface area contributed by atoms with Crippen LogP contribution in [0.5, 0.6) is 0 Å². The van der Waals surface area contributed by atoms with Crippen molar-refractivity contribution in [3.63, 3.8) is 0 Å². The van der Waals surface area contributed by atoms with Crippen molar-refractivity contribution in [3.05, 3.63) is 0 Å². The van der Waals surface area contributed by atoms with E-state index in [0.717, 1.165) is 0 Å². The maximum Gasteiger partial charge on any atom is 0.192 e. The zero-order chi connectivity index (χ0) is 11.6. The van der Waals surface area contributed by atoms with Gasteiger partial charge < -0.3 is 14.2 Å². The van der Waals surface area contributed by atoms with Gasteiger partial charge in [-0.3, -0.25) is 4.79 Å². The summed E-state index contributed by atoms with van der Waals surface area (Å²) in [4.78, 5) is 11.8. The van der Waals surface area contributed by atoms with Gasteiger partial charge in [0.05, 0.1) is 6.10 Å². The third-order valence-electron chi connectivity index (χ3n) is 2.68. The van der Waals surface area contributed by atoms with Crippen LogP contribution in [0.3, 0.4) is 0 Å². The van der Waals surface area contributed by atoms with Crippen molar-refractivity contribution in [1.82, 2.24) is 0 Å². The Labute approximate surface area is 90.9 Å². The zero-order valence-electron chi connectivity index (χ0n) is 10.1. The van der Waals surface area contributed by atoms with E-state index in [-0.39, 0.29) is 18.2 Å². The average molecular weight is 216 g/mol. The standard InChI is InChI=1S/C11H20O4/c1-7(2)14-9-6-11(4,13-5)10(12)8(3)15-9/h7-9H,6H2,1-5H3. The third-order valence-corrected chi connectivity index (χ3v) is 2.68. The van der Waals surface area contributed by atoms with E-state index in [0.29, 0.717) is 6.42 Å². The molecule has 88 valence electrons. The first kappa shape index (κ1) is 12.6. The van der Waals surface area contributed by atoms with Crippen molar-refractivity contribution >= 4 is 5.78 Å². The molecule has 0 aromatic carbocycles. The third kappa shape index (κ3) is 2.77. The van der Waals surface area contributed by atoms with E-state index >= 15 is 0 Å². The topological polar surface area (TPSA) is 44.8 Å². The second-order valence-electron chi connectivity index (χ2n) is 4.40. The summed E-state index contributed by atoms with van der Waals surface area (Å²) in [5, 5.41) is 0. The highest BCUT2D eigenvalue weighted by atomic mass is 16.7. The van der Waals surface area contributed by atoms with Gasteiger partial charge in [0.2, 0.25) is 0 Å². The predicted molar refractivity (Wildman–Crippen MR) is 55.6 cm³/mol. The molecule has 4 heteroatoms. The summed E-state index contributed by atoms with van der Waals surface area (Å²) in [5.74, 6) is -0.0198. The Bertz CT molecular complexity index is 239. The summed E-state index contributed by atoms with van der Waals surface area (Å²) < 4.78 is 16.3. The molecule has 0 saturated carbocycles. The lowest BCUT2D eigenvalue weighted by Gasteiger charge is -2.39. The minimum Gasteiger partial charge on any atom is -0.370 e. The number of hydrogen-bond donors (Lipinski definition) is 0. The molecule has 0 radical (unpaired) electrons. The summed E-state index contributed by atoms with van der Waals surface area (Å²) in [6.45, 7) is 7.39. The highest BCUT2D eigenvalue weighted by molar-refractivity contribution is 5.91. The molecule has 1 saturated heterocycles. The van der Waals surface area contributed by atoms with Crippen molar-refractivity contribution in [2.75, 3.05) is 7.11 Å². The van der Waals surface area contributed by atoms with Gasteiger partial charge in [-0.1, -0.05) is 0 Å². The van der Waals surface area contributed by atoms with E-state index in [2.05, 4.69) is 0 Å². The maximum absolute atomic E-state index is 11.8. The molecule has 4 nitrogen and oxygen atoms in total. The lowest BCUT2D eigenvalue weighted by Crippen LogP contribution is -2.53. The molecule has 3 atom stereocenters. The fourth-order valence-electron chi connectivity index (χ4n) is 1.75. The molecule has 0 N–H and O–H groups in total. The molecule has 1 aliphatic heterocycles. The lowest BCUT2D eigenvalue weighted by atomic mass is 9.90. The molecule has 1 fully saturated rings. The van der Waals surface area contributed by atoms with Gasteiger partial charge in [-0.05, 0) is 27.7 Å². The smallest absolute Gasteiger partial charge is 0.192 e. The van der Waals surface area contributed by atoms with Crippen LogP contribution in [0.25, 0.3) is 0 Å². The number of ether oxygens (including phenoxy) is 3. The minimum absolute atomic E-state index is 0.0198. The number of carbonyl (C=O) groups excluding carboxylic acids is 1. The second-order valence-corrected chi connectivity index (χ2v) is 4.40. The molecule has 0 bridgehead atoms. The van der Waals surface area contributed by atoms with Crippen LogP contribution < -0.4 is 0 Å². The molecular formula is C11H20O4. The van der Waals surface area contributed by atoms with Gasteiger partial charge in [-0.2, -0.15) is 0 Å². The maximum atomic E-state index is 11.8. The predicted octanol–water partition coefficient (Wildman–Crippen LogP) is 1.52. The molecule has 0 amide bonds. The number of carbonyl (C=O) groups is 1. The van der Waals surface area contributed by atoms with E-state index in [9.17, 15) is 4.79 Å². The van der Waals surface area contributed by atoms with Gasteiger partial charge in [-0.25, -0.2) is 0 Å². The second kappa shape index (κ2) is 4.60. The van der Waals surface area contributed by atoms with Crippen LogP contribution >= 0.6 is 0 Å². The first-order valence-corrected chi connectivity index (χ1v) is 5.29. The van der Waals surface area contributed by atoms with E-state index in [1.54, 1.807) is 21.0 Å². The van der Waals surface area contributed by atoms with Gasteiger partial charge in [0.1, 0.15) is 11.7 Å². The van der Waals surface area contributed by atoms with Gasteiger partial charge >= 0.3 is 0 Å². The van der Waals surface area contributed by atoms with Crippen molar-refractivity contribution in [2.24, 2.45) is 0 Å². The van der Waals surface area contributed by atoms with E-state index < -0.39 is 11.7 Å². The quantitative estimate of drug-likeness (QED) is 0.717. The molecular weight excluding hydrogens is 196 g/mol. The van der Waals surface area contributed by atoms with Crippen molar-refractivity contribution in [3.8, 4) is 0 Å². The minimum atomic E-state index is -0.781. The normalized spacial score (nSPS) is 37.3. The molecule has 1 rings (SSSR count). The largest absolute Gasteiger partial charge is 0.370 e. The monoisotopic (exact) mass is 216 g/mol. The van der Waals surface area contributed by atoms with E-state index in [1.165, 1.54) is 0 Å². The fraction of sp³-hybridized carbons (Fsp3) is 0.909. The van der Waals surface area contributed by atoms with Crippen molar-refractivity contribution in [2.45, 2.75) is 58.2 Å². The molecule has 1 aliphatic rings. The Morgan fingerprint density at radius 2 is 2.13 bits per heavy atom. The summed E-state index contributed by atoms with van der Waals surface area (Å²) in [5.41, 5.74) is -0.781. The number of methoxy groups -OCH3 is 1. The zero-order valence-corrected chi connectivity index (χ0v) is 10.1. The number of rotatable bonds is 3. The molecule has 1 heterocycles. The summed E-state index contributed by atoms with van der Waals surface area (Å²) >= 11 is 0. The highest BCUT2D eigenvalue weighted by Gasteiger charge is 2.45. The fourth-order valence-corrected chi connectivity index (χ4v) is 1.75. The summed E-state index contributed by atoms with van der Waals surface area (Å²) in [6.07, 6.45) is -0.295. The van der Waals surface area contributed by atoms with Crippen molar-refractivity contribution in [1.29, 1.82) is 0 Å². The van der Waals surface area contributed by atoms with Crippen LogP contribution in [0.2, 0.25) is 0 Å². The van der Waals surface area contributed by atoms with Crippen LogP contribution in [0.4, 0.5) is 0 Å². The Morgan fingerprint density at radius 3 is 2.60 bits per heavy atom. The van der Waals surface area contributed by atoms with Crippen LogP contribution in [0, 0.1) is 0 Å². The van der Waals surface area contributed by atoms with Crippen LogP contribution in [-0.4, -0.2) is 37.0 Å².